The molecule has 106 valence electrons. The van der Waals surface area contributed by atoms with E-state index >= 15 is 0 Å². The quantitative estimate of drug-likeness (QED) is 0.710. The summed E-state index contributed by atoms with van der Waals surface area (Å²) in [6, 6.07) is 0. The van der Waals surface area contributed by atoms with Gasteiger partial charge in [0.2, 0.25) is 5.91 Å². The molecule has 1 amide bonds. The Bertz CT molecular complexity index is 239. The van der Waals surface area contributed by atoms with E-state index in [4.69, 9.17) is 5.73 Å². The minimum atomic E-state index is 0.354. The van der Waals surface area contributed by atoms with E-state index in [1.54, 1.807) is 0 Å². The second kappa shape index (κ2) is 7.78. The Morgan fingerprint density at radius 2 is 1.72 bits per heavy atom. The molecule has 0 aromatic heterocycles. The summed E-state index contributed by atoms with van der Waals surface area (Å²) in [4.78, 5) is 14.1. The highest BCUT2D eigenvalue weighted by Crippen LogP contribution is 2.37. The molecule has 0 saturated carbocycles. The van der Waals surface area contributed by atoms with Crippen molar-refractivity contribution in [3.05, 3.63) is 0 Å². The lowest BCUT2D eigenvalue weighted by Gasteiger charge is -2.41. The molecule has 0 aromatic rings. The van der Waals surface area contributed by atoms with Crippen LogP contribution in [0.2, 0.25) is 0 Å². The van der Waals surface area contributed by atoms with Gasteiger partial charge in [0.1, 0.15) is 0 Å². The first-order valence-corrected chi connectivity index (χ1v) is 7.65. The minimum absolute atomic E-state index is 0.354. The number of hydrogen-bond donors (Lipinski definition) is 1. The van der Waals surface area contributed by atoms with Crippen LogP contribution in [0.15, 0.2) is 0 Å². The summed E-state index contributed by atoms with van der Waals surface area (Å²) in [6.07, 6.45) is 8.73. The molecule has 18 heavy (non-hydrogen) atoms. The number of piperidine rings is 1. The fourth-order valence-corrected chi connectivity index (χ4v) is 2.94. The molecule has 0 spiro atoms. The molecule has 1 saturated heterocycles. The first-order chi connectivity index (χ1) is 8.67. The second-order valence-electron chi connectivity index (χ2n) is 5.69. The third-order valence-corrected chi connectivity index (χ3v) is 4.77. The van der Waals surface area contributed by atoms with Crippen molar-refractivity contribution < 1.29 is 4.79 Å². The molecule has 0 bridgehead atoms. The molecule has 0 aromatic carbocycles. The standard InChI is InChI=1S/C15H30N2O/c1-3-15(4-2)9-12-17(13-10-15)14(18)8-6-5-7-11-16/h3-13,16H2,1-2H3. The van der Waals surface area contributed by atoms with E-state index in [0.717, 1.165) is 38.9 Å². The molecule has 1 aliphatic rings. The van der Waals surface area contributed by atoms with Crippen LogP contribution in [0.1, 0.15) is 65.2 Å². The van der Waals surface area contributed by atoms with Gasteiger partial charge in [0.05, 0.1) is 0 Å². The van der Waals surface area contributed by atoms with Crippen LogP contribution in [-0.2, 0) is 4.79 Å². The second-order valence-corrected chi connectivity index (χ2v) is 5.69. The topological polar surface area (TPSA) is 46.3 Å². The van der Waals surface area contributed by atoms with Gasteiger partial charge in [-0.25, -0.2) is 0 Å². The predicted molar refractivity (Wildman–Crippen MR) is 76.4 cm³/mol. The number of rotatable bonds is 7. The van der Waals surface area contributed by atoms with Crippen molar-refractivity contribution in [1.29, 1.82) is 0 Å². The van der Waals surface area contributed by atoms with Crippen LogP contribution in [-0.4, -0.2) is 30.4 Å². The molecule has 2 N–H and O–H groups in total. The van der Waals surface area contributed by atoms with Crippen molar-refractivity contribution in [3.8, 4) is 0 Å². The summed E-state index contributed by atoms with van der Waals surface area (Å²) in [5, 5.41) is 0. The molecule has 0 atom stereocenters. The Morgan fingerprint density at radius 3 is 2.22 bits per heavy atom. The highest BCUT2D eigenvalue weighted by molar-refractivity contribution is 5.76. The monoisotopic (exact) mass is 254 g/mol. The summed E-state index contributed by atoms with van der Waals surface area (Å²) >= 11 is 0. The van der Waals surface area contributed by atoms with Crippen LogP contribution in [0.3, 0.4) is 0 Å². The molecule has 1 rings (SSSR count). The van der Waals surface area contributed by atoms with Crippen LogP contribution in [0.25, 0.3) is 0 Å². The Labute approximate surface area is 112 Å². The smallest absolute Gasteiger partial charge is 0.222 e. The maximum Gasteiger partial charge on any atom is 0.222 e. The van der Waals surface area contributed by atoms with E-state index < -0.39 is 0 Å². The number of likely N-dealkylation sites (tertiary alicyclic amines) is 1. The molecular formula is C15H30N2O. The van der Waals surface area contributed by atoms with Crippen molar-refractivity contribution in [3.63, 3.8) is 0 Å². The third-order valence-electron chi connectivity index (χ3n) is 4.77. The SMILES string of the molecule is CCC1(CC)CCN(C(=O)CCCCCN)CC1. The van der Waals surface area contributed by atoms with Crippen LogP contribution in [0.5, 0.6) is 0 Å². The van der Waals surface area contributed by atoms with E-state index in [1.807, 2.05) is 0 Å². The Morgan fingerprint density at radius 1 is 1.11 bits per heavy atom. The number of carbonyl (C=O) groups excluding carboxylic acids is 1. The van der Waals surface area contributed by atoms with Gasteiger partial charge in [-0.15, -0.1) is 0 Å². The predicted octanol–water partition coefficient (Wildman–Crippen LogP) is 2.93. The maximum absolute atomic E-state index is 12.0. The zero-order valence-corrected chi connectivity index (χ0v) is 12.2. The summed E-state index contributed by atoms with van der Waals surface area (Å²) in [5.74, 6) is 0.354. The largest absolute Gasteiger partial charge is 0.343 e. The Kier molecular flexibility index (Phi) is 6.69. The molecule has 0 unspecified atom stereocenters. The van der Waals surface area contributed by atoms with Crippen molar-refractivity contribution in [2.45, 2.75) is 65.2 Å². The van der Waals surface area contributed by atoms with Gasteiger partial charge in [0, 0.05) is 19.5 Å². The van der Waals surface area contributed by atoms with Crippen molar-refractivity contribution in [2.75, 3.05) is 19.6 Å². The van der Waals surface area contributed by atoms with Crippen LogP contribution in [0, 0.1) is 5.41 Å². The third kappa shape index (κ3) is 4.27. The molecule has 3 heteroatoms. The number of nitrogens with two attached hydrogens (primary N) is 1. The molecule has 3 nitrogen and oxygen atoms in total. The number of hydrogen-bond acceptors (Lipinski definition) is 2. The lowest BCUT2D eigenvalue weighted by atomic mass is 9.74. The van der Waals surface area contributed by atoms with Crippen LogP contribution < -0.4 is 5.73 Å². The average molecular weight is 254 g/mol. The average Bonchev–Trinajstić information content (AvgIpc) is 2.43. The lowest BCUT2D eigenvalue weighted by molar-refractivity contribution is -0.133. The van der Waals surface area contributed by atoms with Gasteiger partial charge in [-0.3, -0.25) is 4.79 Å². The number of carbonyl (C=O) groups is 1. The zero-order valence-electron chi connectivity index (χ0n) is 12.2. The molecule has 1 aliphatic heterocycles. The Hall–Kier alpha value is -0.570. The van der Waals surface area contributed by atoms with Gasteiger partial charge in [-0.2, -0.15) is 0 Å². The van der Waals surface area contributed by atoms with Crippen LogP contribution >= 0.6 is 0 Å². The summed E-state index contributed by atoms with van der Waals surface area (Å²) < 4.78 is 0. The normalized spacial score (nSPS) is 18.9. The van der Waals surface area contributed by atoms with Gasteiger partial charge in [-0.1, -0.05) is 33.1 Å². The first kappa shape index (κ1) is 15.5. The van der Waals surface area contributed by atoms with Gasteiger partial charge < -0.3 is 10.6 Å². The zero-order chi connectivity index (χ0) is 13.4. The summed E-state index contributed by atoms with van der Waals surface area (Å²) in [5.41, 5.74) is 5.96. The molecule has 1 heterocycles. The molecular weight excluding hydrogens is 224 g/mol. The van der Waals surface area contributed by atoms with Gasteiger partial charge in [0.15, 0.2) is 0 Å². The van der Waals surface area contributed by atoms with Crippen LogP contribution in [0.4, 0.5) is 0 Å². The number of unbranched alkanes of at least 4 members (excludes halogenated alkanes) is 2. The van der Waals surface area contributed by atoms with Gasteiger partial charge >= 0.3 is 0 Å². The van der Waals surface area contributed by atoms with E-state index in [1.165, 1.54) is 25.7 Å². The van der Waals surface area contributed by atoms with Gasteiger partial charge in [-0.05, 0) is 37.6 Å². The molecule has 0 aliphatic carbocycles. The number of amides is 1. The highest BCUT2D eigenvalue weighted by Gasteiger charge is 2.32. The fraction of sp³-hybridized carbons (Fsp3) is 0.933. The van der Waals surface area contributed by atoms with E-state index in [2.05, 4.69) is 18.7 Å². The van der Waals surface area contributed by atoms with Crippen molar-refractivity contribution in [2.24, 2.45) is 11.1 Å². The maximum atomic E-state index is 12.0. The molecule has 1 fully saturated rings. The van der Waals surface area contributed by atoms with Crippen molar-refractivity contribution in [1.82, 2.24) is 4.90 Å². The van der Waals surface area contributed by atoms with Gasteiger partial charge in [0.25, 0.3) is 0 Å². The minimum Gasteiger partial charge on any atom is -0.343 e. The van der Waals surface area contributed by atoms with E-state index in [9.17, 15) is 4.79 Å². The molecule has 0 radical (unpaired) electrons. The van der Waals surface area contributed by atoms with E-state index in [-0.39, 0.29) is 0 Å². The fourth-order valence-electron chi connectivity index (χ4n) is 2.94. The summed E-state index contributed by atoms with van der Waals surface area (Å²) in [6.45, 7) is 7.25. The van der Waals surface area contributed by atoms with Crippen molar-refractivity contribution >= 4 is 5.91 Å². The van der Waals surface area contributed by atoms with E-state index in [0.29, 0.717) is 17.7 Å². The lowest BCUT2D eigenvalue weighted by Crippen LogP contribution is -2.42. The Balaban J connectivity index is 2.27. The summed E-state index contributed by atoms with van der Waals surface area (Å²) in [7, 11) is 0. The highest BCUT2D eigenvalue weighted by atomic mass is 16.2. The first-order valence-electron chi connectivity index (χ1n) is 7.65. The number of nitrogens with zero attached hydrogens (tertiary/aromatic N) is 1.